The topological polar surface area (TPSA) is 0 Å². The first-order chi connectivity index (χ1) is 9.45. The summed E-state index contributed by atoms with van der Waals surface area (Å²) < 4.78 is 0. The Labute approximate surface area is 138 Å². The van der Waals surface area contributed by atoms with E-state index in [1.54, 1.807) is 5.30 Å². The predicted molar refractivity (Wildman–Crippen MR) is 86.7 cm³/mol. The quantitative estimate of drug-likeness (QED) is 0.485. The molecule has 2 heteroatoms. The first kappa shape index (κ1) is 16.6. The summed E-state index contributed by atoms with van der Waals surface area (Å²) in [6.07, 6.45) is 15.0. The molecule has 3 rings (SSSR count). The molecule has 0 nitrogen and oxygen atoms in total. The van der Waals surface area contributed by atoms with Gasteiger partial charge in [-0.3, -0.25) is 0 Å². The third kappa shape index (κ3) is 4.14. The molecule has 1 aromatic carbocycles. The fourth-order valence-corrected chi connectivity index (χ4v) is 7.84. The summed E-state index contributed by atoms with van der Waals surface area (Å²) in [6, 6.07) is 11.6. The van der Waals surface area contributed by atoms with E-state index >= 15 is 0 Å². The molecule has 0 saturated heterocycles. The fourth-order valence-electron chi connectivity index (χ4n) is 4.04. The van der Waals surface area contributed by atoms with Crippen molar-refractivity contribution in [3.8, 4) is 0 Å². The third-order valence-corrected chi connectivity index (χ3v) is 8.49. The minimum atomic E-state index is 0. The number of benzene rings is 1. The Morgan fingerprint density at radius 3 is 1.55 bits per heavy atom. The molecule has 2 fully saturated rings. The number of hydrogen-bond acceptors (Lipinski definition) is 0. The Kier molecular flexibility index (Phi) is 7.20. The molecule has 20 heavy (non-hydrogen) atoms. The van der Waals surface area contributed by atoms with Gasteiger partial charge in [-0.05, 0) is 42.3 Å². The predicted octanol–water partition coefficient (Wildman–Crippen LogP) is 5.46. The van der Waals surface area contributed by atoms with Crippen molar-refractivity contribution in [3.05, 3.63) is 30.3 Å². The molecule has 0 spiro atoms. The van der Waals surface area contributed by atoms with Gasteiger partial charge in [0, 0.05) is 19.5 Å². The van der Waals surface area contributed by atoms with Crippen LogP contribution in [0, 0.1) is 0 Å². The number of hydrogen-bond donors (Lipinski definition) is 0. The van der Waals surface area contributed by atoms with Crippen molar-refractivity contribution in [1.29, 1.82) is 0 Å². The van der Waals surface area contributed by atoms with Gasteiger partial charge in [-0.15, -0.1) is 0 Å². The van der Waals surface area contributed by atoms with Crippen LogP contribution in [0.2, 0.25) is 0 Å². The van der Waals surface area contributed by atoms with Gasteiger partial charge in [-0.25, -0.2) is 0 Å². The third-order valence-electron chi connectivity index (χ3n) is 4.99. The monoisotopic (exact) mass is 377 g/mol. The zero-order chi connectivity index (χ0) is 12.9. The maximum Gasteiger partial charge on any atom is 0 e. The van der Waals surface area contributed by atoms with Crippen LogP contribution in [-0.4, -0.2) is 11.3 Å². The Hall–Kier alpha value is 0.273. The maximum absolute atomic E-state index is 2.43. The van der Waals surface area contributed by atoms with Gasteiger partial charge < -0.3 is 0 Å². The molecule has 0 aliphatic heterocycles. The first-order valence-electron chi connectivity index (χ1n) is 8.28. The van der Waals surface area contributed by atoms with Crippen molar-refractivity contribution < 1.29 is 19.5 Å². The van der Waals surface area contributed by atoms with Crippen LogP contribution in [0.5, 0.6) is 0 Å². The average Bonchev–Trinajstić information content (AvgIpc) is 2.51. The van der Waals surface area contributed by atoms with Crippen LogP contribution >= 0.6 is 7.92 Å². The molecule has 1 radical (unpaired) electrons. The van der Waals surface area contributed by atoms with E-state index in [9.17, 15) is 0 Å². The molecule has 2 aliphatic rings. The van der Waals surface area contributed by atoms with E-state index in [4.69, 9.17) is 0 Å². The van der Waals surface area contributed by atoms with Crippen LogP contribution in [-0.2, 0) is 19.5 Å². The summed E-state index contributed by atoms with van der Waals surface area (Å²) >= 11 is 0. The average molecular weight is 377 g/mol. The molecule has 113 valence electrons. The first-order valence-corrected chi connectivity index (χ1v) is 9.76. The summed E-state index contributed by atoms with van der Waals surface area (Å²) in [6.45, 7) is 0. The van der Waals surface area contributed by atoms with Crippen molar-refractivity contribution >= 4 is 13.2 Å². The number of rotatable bonds is 3. The molecule has 0 amide bonds. The Morgan fingerprint density at radius 2 is 1.10 bits per heavy atom. The smallest absolute Gasteiger partial charge is 0 e. The van der Waals surface area contributed by atoms with E-state index in [1.807, 2.05) is 0 Å². The SMILES string of the molecule is [Rh].c1ccc(P(C2CCCCC2)C2CCCCC2)cc1. The Balaban J connectivity index is 0.00000147. The molecule has 0 unspecified atom stereocenters. The van der Waals surface area contributed by atoms with Crippen LogP contribution in [0.3, 0.4) is 0 Å². The van der Waals surface area contributed by atoms with Gasteiger partial charge in [0.05, 0.1) is 0 Å². The normalized spacial score (nSPS) is 21.6. The second-order valence-electron chi connectivity index (χ2n) is 6.33. The van der Waals surface area contributed by atoms with Crippen LogP contribution in [0.15, 0.2) is 30.3 Å². The van der Waals surface area contributed by atoms with Crippen molar-refractivity contribution in [3.63, 3.8) is 0 Å². The fraction of sp³-hybridized carbons (Fsp3) is 0.667. The summed E-state index contributed by atoms with van der Waals surface area (Å²) in [7, 11) is 0.108. The minimum absolute atomic E-state index is 0. The Morgan fingerprint density at radius 1 is 0.650 bits per heavy atom. The standard InChI is InChI=1S/C18H27P.Rh/c1-4-10-16(11-5-1)19(17-12-6-2-7-13-17)18-14-8-3-9-15-18;/h1,4-5,10-11,17-18H,2-3,6-9,12-15H2;. The van der Waals surface area contributed by atoms with Crippen molar-refractivity contribution in [1.82, 2.24) is 0 Å². The summed E-state index contributed by atoms with van der Waals surface area (Å²) in [5.74, 6) is 0. The molecule has 2 saturated carbocycles. The van der Waals surface area contributed by atoms with E-state index < -0.39 is 0 Å². The summed E-state index contributed by atoms with van der Waals surface area (Å²) in [5, 5.41) is 1.70. The van der Waals surface area contributed by atoms with Gasteiger partial charge >= 0.3 is 0 Å². The van der Waals surface area contributed by atoms with Crippen LogP contribution < -0.4 is 5.30 Å². The Bertz CT molecular complexity index is 348. The van der Waals surface area contributed by atoms with Crippen molar-refractivity contribution in [2.75, 3.05) is 0 Å². The molecule has 0 bridgehead atoms. The van der Waals surface area contributed by atoms with E-state index in [1.165, 1.54) is 64.2 Å². The minimum Gasteiger partial charge on any atom is -0.0690 e. The van der Waals surface area contributed by atoms with E-state index in [2.05, 4.69) is 30.3 Å². The molecule has 2 aliphatic carbocycles. The van der Waals surface area contributed by atoms with Crippen LogP contribution in [0.4, 0.5) is 0 Å². The molecular formula is C18H27PRh. The zero-order valence-electron chi connectivity index (χ0n) is 12.4. The van der Waals surface area contributed by atoms with Gasteiger partial charge in [0.15, 0.2) is 0 Å². The van der Waals surface area contributed by atoms with Gasteiger partial charge in [0.25, 0.3) is 0 Å². The van der Waals surface area contributed by atoms with Gasteiger partial charge in [-0.2, -0.15) is 0 Å². The molecule has 0 aromatic heterocycles. The largest absolute Gasteiger partial charge is 0.0690 e. The molecule has 1 aromatic rings. The summed E-state index contributed by atoms with van der Waals surface area (Å²) in [5.41, 5.74) is 2.07. The zero-order valence-corrected chi connectivity index (χ0v) is 14.9. The molecule has 0 heterocycles. The summed E-state index contributed by atoms with van der Waals surface area (Å²) in [4.78, 5) is 0. The van der Waals surface area contributed by atoms with E-state index in [-0.39, 0.29) is 27.4 Å². The van der Waals surface area contributed by atoms with Gasteiger partial charge in [0.2, 0.25) is 0 Å². The second kappa shape index (κ2) is 8.65. The molecule has 0 N–H and O–H groups in total. The second-order valence-corrected chi connectivity index (χ2v) is 9.12. The molecule has 0 atom stereocenters. The van der Waals surface area contributed by atoms with Gasteiger partial charge in [0.1, 0.15) is 0 Å². The van der Waals surface area contributed by atoms with E-state index in [0.29, 0.717) is 0 Å². The van der Waals surface area contributed by atoms with Crippen LogP contribution in [0.1, 0.15) is 64.2 Å². The van der Waals surface area contributed by atoms with E-state index in [0.717, 1.165) is 11.3 Å². The van der Waals surface area contributed by atoms with Gasteiger partial charge in [-0.1, -0.05) is 76.8 Å². The maximum atomic E-state index is 2.43. The van der Waals surface area contributed by atoms with Crippen molar-refractivity contribution in [2.45, 2.75) is 75.5 Å². The van der Waals surface area contributed by atoms with Crippen molar-refractivity contribution in [2.24, 2.45) is 0 Å². The molecular weight excluding hydrogens is 350 g/mol. The van der Waals surface area contributed by atoms with Crippen LogP contribution in [0.25, 0.3) is 0 Å².